The third-order valence-electron chi connectivity index (χ3n) is 9.16. The van der Waals surface area contributed by atoms with Crippen LogP contribution in [0.3, 0.4) is 0 Å². The van der Waals surface area contributed by atoms with E-state index in [1.807, 2.05) is 0 Å². The summed E-state index contributed by atoms with van der Waals surface area (Å²) in [5.74, 6) is 0. The summed E-state index contributed by atoms with van der Waals surface area (Å²) >= 11 is 0. The maximum absolute atomic E-state index is 2.36. The summed E-state index contributed by atoms with van der Waals surface area (Å²) in [5.41, 5.74) is 2.65. The van der Waals surface area contributed by atoms with Crippen LogP contribution in [0.15, 0.2) is 49.1 Å². The van der Waals surface area contributed by atoms with Crippen LogP contribution >= 0.6 is 0 Å². The Labute approximate surface area is 262 Å². The van der Waals surface area contributed by atoms with Gasteiger partial charge in [0.05, 0.1) is 0 Å². The van der Waals surface area contributed by atoms with E-state index in [0.29, 0.717) is 0 Å². The van der Waals surface area contributed by atoms with Gasteiger partial charge in [-0.25, -0.2) is 9.13 Å². The van der Waals surface area contributed by atoms with Crippen molar-refractivity contribution < 1.29 is 9.13 Å². The normalized spacial score (nSPS) is 11.4. The predicted octanol–water partition coefficient (Wildman–Crippen LogP) is 12.1. The molecule has 0 bridgehead atoms. The summed E-state index contributed by atoms with van der Waals surface area (Å²) in [6.45, 7) is 6.89. The molecule has 0 spiro atoms. The molecule has 2 heteroatoms. The molecule has 2 rings (SSSR count). The highest BCUT2D eigenvalue weighted by molar-refractivity contribution is 5.60. The van der Waals surface area contributed by atoms with Crippen LogP contribution in [-0.2, 0) is 13.1 Å². The highest BCUT2D eigenvalue weighted by Crippen LogP contribution is 2.17. The van der Waals surface area contributed by atoms with Crippen LogP contribution in [0.5, 0.6) is 0 Å². The molecule has 0 aliphatic heterocycles. The molecular formula is C40H70N2+2. The molecule has 2 aromatic rings. The SMILES string of the molecule is CCCCCCCCCCCCCCC[n+]1ccc(-c2cc[n+](CCCCCCCCCCCCCCC)cc2)cc1. The van der Waals surface area contributed by atoms with E-state index in [0.717, 1.165) is 13.1 Å². The Balaban J connectivity index is 1.45. The lowest BCUT2D eigenvalue weighted by Gasteiger charge is -2.04. The number of rotatable bonds is 29. The Bertz CT molecular complexity index is 754. The van der Waals surface area contributed by atoms with Gasteiger partial charge in [-0.2, -0.15) is 0 Å². The molecule has 2 heterocycles. The van der Waals surface area contributed by atoms with Crippen LogP contribution in [0.25, 0.3) is 11.1 Å². The molecular weight excluding hydrogens is 508 g/mol. The Morgan fingerprint density at radius 3 is 0.762 bits per heavy atom. The lowest BCUT2D eigenvalue weighted by molar-refractivity contribution is -0.697. The third kappa shape index (κ3) is 19.5. The predicted molar refractivity (Wildman–Crippen MR) is 184 cm³/mol. The van der Waals surface area contributed by atoms with Crippen LogP contribution in [0.2, 0.25) is 0 Å². The molecule has 42 heavy (non-hydrogen) atoms. The van der Waals surface area contributed by atoms with Gasteiger partial charge in [0.1, 0.15) is 13.1 Å². The minimum atomic E-state index is 1.14. The van der Waals surface area contributed by atoms with Gasteiger partial charge < -0.3 is 0 Å². The van der Waals surface area contributed by atoms with Crippen molar-refractivity contribution in [3.8, 4) is 11.1 Å². The first-order valence-electron chi connectivity index (χ1n) is 18.8. The first-order valence-corrected chi connectivity index (χ1v) is 18.8. The minimum absolute atomic E-state index is 1.14. The number of aromatic nitrogens is 2. The van der Waals surface area contributed by atoms with Gasteiger partial charge in [0.15, 0.2) is 24.8 Å². The van der Waals surface area contributed by atoms with Gasteiger partial charge in [0.2, 0.25) is 0 Å². The third-order valence-corrected chi connectivity index (χ3v) is 9.16. The van der Waals surface area contributed by atoms with E-state index in [4.69, 9.17) is 0 Å². The van der Waals surface area contributed by atoms with Gasteiger partial charge in [0.25, 0.3) is 0 Å². The molecule has 238 valence electrons. The maximum atomic E-state index is 2.36. The van der Waals surface area contributed by atoms with Crippen LogP contribution in [0, 0.1) is 0 Å². The van der Waals surface area contributed by atoms with Gasteiger partial charge in [-0.05, 0) is 24.0 Å². The summed E-state index contributed by atoms with van der Waals surface area (Å²) in [6, 6.07) is 9.14. The number of hydrogen-bond acceptors (Lipinski definition) is 0. The molecule has 0 unspecified atom stereocenters. The van der Waals surface area contributed by atoms with Gasteiger partial charge in [-0.15, -0.1) is 0 Å². The molecule has 0 aliphatic carbocycles. The molecule has 2 nitrogen and oxygen atoms in total. The zero-order valence-corrected chi connectivity index (χ0v) is 28.3. The van der Waals surface area contributed by atoms with Crippen molar-refractivity contribution in [2.45, 2.75) is 194 Å². The fourth-order valence-electron chi connectivity index (χ4n) is 6.22. The second kappa shape index (κ2) is 26.9. The summed E-state index contributed by atoms with van der Waals surface area (Å²) in [7, 11) is 0. The summed E-state index contributed by atoms with van der Waals surface area (Å²) in [6.07, 6.45) is 45.9. The van der Waals surface area contributed by atoms with Crippen molar-refractivity contribution >= 4 is 0 Å². The molecule has 2 aromatic heterocycles. The van der Waals surface area contributed by atoms with Gasteiger partial charge in [0, 0.05) is 37.1 Å². The smallest absolute Gasteiger partial charge is 0.169 e. The number of hydrogen-bond donors (Lipinski definition) is 0. The van der Waals surface area contributed by atoms with Crippen molar-refractivity contribution in [2.75, 3.05) is 0 Å². The zero-order chi connectivity index (χ0) is 29.8. The number of unbranched alkanes of at least 4 members (excludes halogenated alkanes) is 24. The monoisotopic (exact) mass is 579 g/mol. The largest absolute Gasteiger partial charge is 0.205 e. The van der Waals surface area contributed by atoms with Gasteiger partial charge in [-0.1, -0.05) is 155 Å². The first-order chi connectivity index (χ1) is 20.8. The van der Waals surface area contributed by atoms with E-state index < -0.39 is 0 Å². The van der Waals surface area contributed by atoms with Crippen molar-refractivity contribution in [1.82, 2.24) is 0 Å². The zero-order valence-electron chi connectivity index (χ0n) is 28.3. The maximum Gasteiger partial charge on any atom is 0.169 e. The topological polar surface area (TPSA) is 7.76 Å². The quantitative estimate of drug-likeness (QED) is 0.0670. The second-order valence-electron chi connectivity index (χ2n) is 13.1. The van der Waals surface area contributed by atoms with Crippen molar-refractivity contribution in [2.24, 2.45) is 0 Å². The Kier molecular flexibility index (Phi) is 23.4. The summed E-state index contributed by atoms with van der Waals surface area (Å²) in [5, 5.41) is 0. The lowest BCUT2D eigenvalue weighted by Crippen LogP contribution is -2.33. The molecule has 0 aliphatic rings. The molecule has 0 radical (unpaired) electrons. The average molecular weight is 579 g/mol. The number of nitrogens with zero attached hydrogens (tertiary/aromatic N) is 2. The van der Waals surface area contributed by atoms with Crippen LogP contribution in [0.1, 0.15) is 181 Å². The molecule has 0 N–H and O–H groups in total. The first kappa shape index (κ1) is 36.5. The number of pyridine rings is 2. The summed E-state index contributed by atoms with van der Waals surface area (Å²) < 4.78 is 4.72. The molecule has 0 saturated carbocycles. The number of aryl methyl sites for hydroxylation is 2. The van der Waals surface area contributed by atoms with E-state index in [2.05, 4.69) is 72.0 Å². The summed E-state index contributed by atoms with van der Waals surface area (Å²) in [4.78, 5) is 0. The average Bonchev–Trinajstić information content (AvgIpc) is 3.02. The second-order valence-corrected chi connectivity index (χ2v) is 13.1. The molecule has 0 aromatic carbocycles. The Morgan fingerprint density at radius 1 is 0.310 bits per heavy atom. The highest BCUT2D eigenvalue weighted by Gasteiger charge is 2.06. The van der Waals surface area contributed by atoms with E-state index in [-0.39, 0.29) is 0 Å². The molecule has 0 amide bonds. The van der Waals surface area contributed by atoms with E-state index >= 15 is 0 Å². The molecule has 0 saturated heterocycles. The lowest BCUT2D eigenvalue weighted by atomic mass is 10.0. The van der Waals surface area contributed by atoms with Gasteiger partial charge in [-0.3, -0.25) is 0 Å². The standard InChI is InChI=1S/C40H70N2/c1-3-5-7-9-11-13-15-17-19-21-23-25-27-33-41-35-29-39(30-36-41)40-31-37-42(38-32-40)34-28-26-24-22-20-18-16-14-12-10-8-6-4-2/h29-32,35-38H,3-28,33-34H2,1-2H3/q+2. The molecule has 0 fully saturated rings. The van der Waals surface area contributed by atoms with E-state index in [1.54, 1.807) is 0 Å². The molecule has 0 atom stereocenters. The fourth-order valence-corrected chi connectivity index (χ4v) is 6.22. The van der Waals surface area contributed by atoms with Crippen molar-refractivity contribution in [3.63, 3.8) is 0 Å². The van der Waals surface area contributed by atoms with E-state index in [1.165, 1.54) is 178 Å². The minimum Gasteiger partial charge on any atom is -0.205 e. The van der Waals surface area contributed by atoms with E-state index in [9.17, 15) is 0 Å². The van der Waals surface area contributed by atoms with Crippen molar-refractivity contribution in [3.05, 3.63) is 49.1 Å². The van der Waals surface area contributed by atoms with Gasteiger partial charge >= 0.3 is 0 Å². The fraction of sp³-hybridized carbons (Fsp3) is 0.750. The Morgan fingerprint density at radius 2 is 0.524 bits per heavy atom. The van der Waals surface area contributed by atoms with Crippen LogP contribution in [0.4, 0.5) is 0 Å². The highest BCUT2D eigenvalue weighted by atomic mass is 14.9. The van der Waals surface area contributed by atoms with Crippen LogP contribution < -0.4 is 9.13 Å². The Hall–Kier alpha value is -1.70. The van der Waals surface area contributed by atoms with Crippen LogP contribution in [-0.4, -0.2) is 0 Å². The van der Waals surface area contributed by atoms with Crippen molar-refractivity contribution in [1.29, 1.82) is 0 Å².